The van der Waals surface area contributed by atoms with Crippen molar-refractivity contribution in [3.63, 3.8) is 0 Å². The van der Waals surface area contributed by atoms with E-state index in [2.05, 4.69) is 9.84 Å². The molecule has 1 aromatic heterocycles. The number of methoxy groups -OCH3 is 1. The number of hydrogen-bond acceptors (Lipinski definition) is 4. The molecule has 94 valence electrons. The first-order chi connectivity index (χ1) is 7.77. The van der Waals surface area contributed by atoms with E-state index in [9.17, 15) is 9.59 Å². The largest absolute Gasteiger partial charge is 0.481 e. The van der Waals surface area contributed by atoms with Crippen LogP contribution in [0.1, 0.15) is 30.0 Å². The number of carboxylic acids is 1. The summed E-state index contributed by atoms with van der Waals surface area (Å²) < 4.78 is 6.05. The molecule has 1 heterocycles. The molecule has 0 radical (unpaired) electrons. The highest BCUT2D eigenvalue weighted by molar-refractivity contribution is 5.87. The Balaban J connectivity index is 2.97. The predicted octanol–water partition coefficient (Wildman–Crippen LogP) is 0.860. The molecular formula is C11H16N2O4. The van der Waals surface area contributed by atoms with E-state index >= 15 is 0 Å². The Morgan fingerprint density at radius 2 is 2.12 bits per heavy atom. The van der Waals surface area contributed by atoms with Crippen molar-refractivity contribution >= 4 is 11.9 Å². The number of ether oxygens (including phenoxy) is 1. The summed E-state index contributed by atoms with van der Waals surface area (Å²) in [6.45, 7) is 3.25. The lowest BCUT2D eigenvalue weighted by Gasteiger charge is -2.18. The van der Waals surface area contributed by atoms with Crippen LogP contribution in [0.4, 0.5) is 0 Å². The van der Waals surface area contributed by atoms with Gasteiger partial charge in [0.25, 0.3) is 0 Å². The summed E-state index contributed by atoms with van der Waals surface area (Å²) in [7, 11) is 2.94. The summed E-state index contributed by atoms with van der Waals surface area (Å²) in [6, 6.07) is 1.55. The quantitative estimate of drug-likeness (QED) is 0.789. The van der Waals surface area contributed by atoms with Crippen molar-refractivity contribution in [2.45, 2.75) is 20.3 Å². The van der Waals surface area contributed by atoms with Crippen LogP contribution in [0.5, 0.6) is 0 Å². The van der Waals surface area contributed by atoms with Crippen molar-refractivity contribution in [2.75, 3.05) is 7.11 Å². The lowest BCUT2D eigenvalue weighted by atomic mass is 9.88. The smallest absolute Gasteiger partial charge is 0.358 e. The second-order valence-electron chi connectivity index (χ2n) is 4.50. The molecular weight excluding hydrogens is 224 g/mol. The number of aryl methyl sites for hydroxylation is 1. The second kappa shape index (κ2) is 4.57. The number of carbonyl (C=O) groups excluding carboxylic acids is 1. The molecule has 0 fully saturated rings. The molecule has 0 atom stereocenters. The predicted molar refractivity (Wildman–Crippen MR) is 59.7 cm³/mol. The summed E-state index contributed by atoms with van der Waals surface area (Å²) in [6.07, 6.45) is 0.294. The lowest BCUT2D eigenvalue weighted by Crippen LogP contribution is -2.27. The zero-order valence-electron chi connectivity index (χ0n) is 10.4. The van der Waals surface area contributed by atoms with Gasteiger partial charge in [-0.3, -0.25) is 9.48 Å². The zero-order chi connectivity index (χ0) is 13.2. The van der Waals surface area contributed by atoms with Crippen molar-refractivity contribution in [3.05, 3.63) is 17.5 Å². The number of carboxylic acid groups (broad SMARTS) is 1. The molecule has 0 amide bonds. The summed E-state index contributed by atoms with van der Waals surface area (Å²) in [5.74, 6) is -1.42. The average Bonchev–Trinajstić information content (AvgIpc) is 2.58. The molecule has 1 rings (SSSR count). The van der Waals surface area contributed by atoms with Gasteiger partial charge in [-0.1, -0.05) is 0 Å². The van der Waals surface area contributed by atoms with Crippen molar-refractivity contribution in [1.82, 2.24) is 9.78 Å². The number of esters is 1. The van der Waals surface area contributed by atoms with E-state index in [0.29, 0.717) is 12.1 Å². The molecule has 0 bridgehead atoms. The molecule has 0 unspecified atom stereocenters. The third-order valence-electron chi connectivity index (χ3n) is 2.57. The van der Waals surface area contributed by atoms with Crippen LogP contribution in [0.15, 0.2) is 6.07 Å². The van der Waals surface area contributed by atoms with E-state index in [1.807, 2.05) is 0 Å². The molecule has 0 saturated heterocycles. The highest BCUT2D eigenvalue weighted by Gasteiger charge is 2.29. The molecule has 1 aromatic rings. The fourth-order valence-electron chi connectivity index (χ4n) is 1.40. The number of hydrogen-bond donors (Lipinski definition) is 1. The number of rotatable bonds is 4. The van der Waals surface area contributed by atoms with Gasteiger partial charge in [0.2, 0.25) is 0 Å². The van der Waals surface area contributed by atoms with Gasteiger partial charge in [-0.2, -0.15) is 5.10 Å². The summed E-state index contributed by atoms with van der Waals surface area (Å²) in [4.78, 5) is 22.3. The number of aliphatic carboxylic acids is 1. The van der Waals surface area contributed by atoms with Gasteiger partial charge in [0.1, 0.15) is 0 Å². The van der Waals surface area contributed by atoms with Crippen LogP contribution in [-0.2, 0) is 23.0 Å². The molecule has 6 nitrogen and oxygen atoms in total. The Labute approximate surface area is 99.2 Å². The molecule has 6 heteroatoms. The van der Waals surface area contributed by atoms with Crippen molar-refractivity contribution in [1.29, 1.82) is 0 Å². The first-order valence-electron chi connectivity index (χ1n) is 5.12. The van der Waals surface area contributed by atoms with Gasteiger partial charge in [-0.15, -0.1) is 0 Å². The third-order valence-corrected chi connectivity index (χ3v) is 2.57. The van der Waals surface area contributed by atoms with Gasteiger partial charge in [0, 0.05) is 19.2 Å². The van der Waals surface area contributed by atoms with E-state index < -0.39 is 17.4 Å². The van der Waals surface area contributed by atoms with Crippen LogP contribution >= 0.6 is 0 Å². The maximum Gasteiger partial charge on any atom is 0.358 e. The Morgan fingerprint density at radius 3 is 2.59 bits per heavy atom. The maximum absolute atomic E-state index is 11.3. The van der Waals surface area contributed by atoms with Gasteiger partial charge in [0.05, 0.1) is 12.5 Å². The van der Waals surface area contributed by atoms with Crippen LogP contribution in [-0.4, -0.2) is 33.9 Å². The Hall–Kier alpha value is -1.85. The van der Waals surface area contributed by atoms with E-state index in [1.54, 1.807) is 27.0 Å². The van der Waals surface area contributed by atoms with Crippen LogP contribution in [0.2, 0.25) is 0 Å². The Morgan fingerprint density at radius 1 is 1.53 bits per heavy atom. The van der Waals surface area contributed by atoms with Crippen molar-refractivity contribution < 1.29 is 19.4 Å². The normalized spacial score (nSPS) is 11.3. The molecule has 1 N–H and O–H groups in total. The second-order valence-corrected chi connectivity index (χ2v) is 4.50. The molecule has 0 aliphatic rings. The van der Waals surface area contributed by atoms with Gasteiger partial charge >= 0.3 is 11.9 Å². The molecule has 0 saturated carbocycles. The zero-order valence-corrected chi connectivity index (χ0v) is 10.4. The van der Waals surface area contributed by atoms with E-state index in [4.69, 9.17) is 5.11 Å². The van der Waals surface area contributed by atoms with Crippen LogP contribution in [0, 0.1) is 5.41 Å². The first kappa shape index (κ1) is 13.2. The SMILES string of the molecule is COC(=O)c1cc(CC(C)(C)C(=O)O)n(C)n1. The van der Waals surface area contributed by atoms with E-state index in [1.165, 1.54) is 11.8 Å². The average molecular weight is 240 g/mol. The minimum absolute atomic E-state index is 0.186. The van der Waals surface area contributed by atoms with Crippen molar-refractivity contribution in [3.8, 4) is 0 Å². The maximum atomic E-state index is 11.3. The van der Waals surface area contributed by atoms with Crippen LogP contribution in [0.25, 0.3) is 0 Å². The van der Waals surface area contributed by atoms with Gasteiger partial charge in [0.15, 0.2) is 5.69 Å². The highest BCUT2D eigenvalue weighted by Crippen LogP contribution is 2.22. The van der Waals surface area contributed by atoms with E-state index in [-0.39, 0.29) is 5.69 Å². The monoisotopic (exact) mass is 240 g/mol. The van der Waals surface area contributed by atoms with Gasteiger partial charge in [-0.05, 0) is 19.9 Å². The summed E-state index contributed by atoms with van der Waals surface area (Å²) in [5.41, 5.74) is -0.0368. The minimum atomic E-state index is -0.902. The summed E-state index contributed by atoms with van der Waals surface area (Å²) in [5, 5.41) is 13.0. The van der Waals surface area contributed by atoms with Crippen LogP contribution < -0.4 is 0 Å². The topological polar surface area (TPSA) is 81.4 Å². The van der Waals surface area contributed by atoms with Crippen LogP contribution in [0.3, 0.4) is 0 Å². The van der Waals surface area contributed by atoms with Crippen molar-refractivity contribution in [2.24, 2.45) is 12.5 Å². The molecule has 0 aliphatic heterocycles. The van der Waals surface area contributed by atoms with E-state index in [0.717, 1.165) is 0 Å². The third kappa shape index (κ3) is 2.83. The molecule has 0 aliphatic carbocycles. The molecule has 17 heavy (non-hydrogen) atoms. The fourth-order valence-corrected chi connectivity index (χ4v) is 1.40. The highest BCUT2D eigenvalue weighted by atomic mass is 16.5. The summed E-state index contributed by atoms with van der Waals surface area (Å²) >= 11 is 0. The lowest BCUT2D eigenvalue weighted by molar-refractivity contribution is -0.146. The number of carbonyl (C=O) groups is 2. The Bertz CT molecular complexity index is 448. The minimum Gasteiger partial charge on any atom is -0.481 e. The number of aromatic nitrogens is 2. The Kier molecular flexibility index (Phi) is 3.55. The standard InChI is InChI=1S/C11H16N2O4/c1-11(2,10(15)16)6-7-5-8(9(14)17-4)12-13(7)3/h5H,6H2,1-4H3,(H,15,16). The number of nitrogens with zero attached hydrogens (tertiary/aromatic N) is 2. The molecule has 0 aromatic carbocycles. The van der Waals surface area contributed by atoms with Gasteiger partial charge < -0.3 is 9.84 Å². The first-order valence-corrected chi connectivity index (χ1v) is 5.12. The van der Waals surface area contributed by atoms with Gasteiger partial charge in [-0.25, -0.2) is 4.79 Å². The fraction of sp³-hybridized carbons (Fsp3) is 0.545. The molecule has 0 spiro atoms.